The highest BCUT2D eigenvalue weighted by molar-refractivity contribution is 7.99. The third-order valence-corrected chi connectivity index (χ3v) is 5.31. The number of thioether (sulfide) groups is 1. The molecule has 3 aromatic rings. The monoisotopic (exact) mass is 388 g/mol. The van der Waals surface area contributed by atoms with Crippen LogP contribution in [-0.2, 0) is 4.79 Å². The van der Waals surface area contributed by atoms with Crippen molar-refractivity contribution in [2.24, 2.45) is 0 Å². The van der Waals surface area contributed by atoms with Crippen LogP contribution in [-0.4, -0.2) is 21.6 Å². The number of hydrogen-bond donors (Lipinski definition) is 2. The van der Waals surface area contributed by atoms with Gasteiger partial charge in [0.1, 0.15) is 11.6 Å². The van der Waals surface area contributed by atoms with Gasteiger partial charge in [-0.05, 0) is 36.1 Å². The van der Waals surface area contributed by atoms with Crippen LogP contribution in [0.25, 0.3) is 0 Å². The van der Waals surface area contributed by atoms with Crippen LogP contribution in [0.15, 0.2) is 53.0 Å². The van der Waals surface area contributed by atoms with E-state index < -0.39 is 0 Å². The maximum atomic E-state index is 13.2. The number of carbonyl (C=O) groups is 1. The van der Waals surface area contributed by atoms with E-state index in [9.17, 15) is 9.18 Å². The summed E-state index contributed by atoms with van der Waals surface area (Å²) in [5.74, 6) is 0.0609. The van der Waals surface area contributed by atoms with Crippen LogP contribution in [0.1, 0.15) is 22.2 Å². The van der Waals surface area contributed by atoms with Gasteiger partial charge in [0.2, 0.25) is 5.91 Å². The number of nitrogens with one attached hydrogen (secondary N) is 1. The lowest BCUT2D eigenvalue weighted by molar-refractivity contribution is -0.119. The lowest BCUT2D eigenvalue weighted by Crippen LogP contribution is -2.30. The second-order valence-electron chi connectivity index (χ2n) is 5.57. The lowest BCUT2D eigenvalue weighted by Gasteiger charge is -2.18. The summed E-state index contributed by atoms with van der Waals surface area (Å²) in [4.78, 5) is 21.8. The zero-order valence-corrected chi connectivity index (χ0v) is 15.6. The highest BCUT2D eigenvalue weighted by atomic mass is 32.2. The number of thiophene rings is 1. The number of halogens is 1. The molecule has 134 valence electrons. The molecule has 0 bridgehead atoms. The summed E-state index contributed by atoms with van der Waals surface area (Å²) < 4.78 is 13.2. The van der Waals surface area contributed by atoms with Crippen molar-refractivity contribution in [1.29, 1.82) is 0 Å². The van der Waals surface area contributed by atoms with E-state index in [2.05, 4.69) is 15.3 Å². The average molecular weight is 388 g/mol. The average Bonchev–Trinajstić information content (AvgIpc) is 3.12. The van der Waals surface area contributed by atoms with Crippen molar-refractivity contribution < 1.29 is 9.18 Å². The molecule has 1 aromatic carbocycles. The third kappa shape index (κ3) is 4.80. The fourth-order valence-corrected chi connectivity index (χ4v) is 3.92. The summed E-state index contributed by atoms with van der Waals surface area (Å²) in [6.45, 7) is 1.82. The van der Waals surface area contributed by atoms with Gasteiger partial charge < -0.3 is 11.1 Å². The Kier molecular flexibility index (Phi) is 5.85. The number of anilines is 1. The molecule has 0 spiro atoms. The Bertz CT molecular complexity index is 864. The summed E-state index contributed by atoms with van der Waals surface area (Å²) in [6, 6.07) is 11.3. The Hall–Kier alpha value is -2.45. The minimum Gasteiger partial charge on any atom is -0.384 e. The molecule has 0 saturated carbocycles. The van der Waals surface area contributed by atoms with Crippen molar-refractivity contribution in [3.8, 4) is 0 Å². The molecule has 2 heterocycles. The molecule has 0 fully saturated rings. The van der Waals surface area contributed by atoms with Gasteiger partial charge in [-0.3, -0.25) is 4.79 Å². The first-order valence-corrected chi connectivity index (χ1v) is 9.70. The molecule has 0 aliphatic heterocycles. The zero-order valence-electron chi connectivity index (χ0n) is 14.0. The van der Waals surface area contributed by atoms with Gasteiger partial charge in [0, 0.05) is 16.6 Å². The first kappa shape index (κ1) is 18.3. The number of aromatic nitrogens is 2. The lowest BCUT2D eigenvalue weighted by atomic mass is 10.1. The van der Waals surface area contributed by atoms with E-state index in [4.69, 9.17) is 5.73 Å². The van der Waals surface area contributed by atoms with E-state index in [1.165, 1.54) is 35.2 Å². The molecule has 8 heteroatoms. The minimum absolute atomic E-state index is 0.159. The maximum absolute atomic E-state index is 13.2. The number of carbonyl (C=O) groups excluding carboxylic acids is 1. The number of aryl methyl sites for hydroxylation is 1. The van der Waals surface area contributed by atoms with Crippen molar-refractivity contribution in [3.63, 3.8) is 0 Å². The predicted octanol–water partition coefficient (Wildman–Crippen LogP) is 3.57. The van der Waals surface area contributed by atoms with E-state index in [0.717, 1.165) is 16.1 Å². The first-order chi connectivity index (χ1) is 12.5. The highest BCUT2D eigenvalue weighted by Crippen LogP contribution is 2.26. The second kappa shape index (κ2) is 8.29. The molecule has 3 N–H and O–H groups in total. The quantitative estimate of drug-likeness (QED) is 0.498. The molecule has 1 atom stereocenters. The number of nitrogen functional groups attached to an aromatic ring is 1. The summed E-state index contributed by atoms with van der Waals surface area (Å²) in [6.07, 6.45) is 0. The Balaban J connectivity index is 1.70. The fourth-order valence-electron chi connectivity index (χ4n) is 2.39. The number of rotatable bonds is 6. The standard InChI is InChI=1S/C18H17FN4OS2/c1-11-9-15(20)22-18(21-11)26-10-16(24)23-17(14-3-2-8-25-14)12-4-6-13(19)7-5-12/h2-9,17H,10H2,1H3,(H,23,24)(H2,20,21,22). The second-order valence-corrected chi connectivity index (χ2v) is 7.49. The highest BCUT2D eigenvalue weighted by Gasteiger charge is 2.18. The van der Waals surface area contributed by atoms with Crippen LogP contribution in [0.2, 0.25) is 0 Å². The Morgan fingerprint density at radius 1 is 1.31 bits per heavy atom. The molecule has 0 aliphatic rings. The fraction of sp³-hybridized carbons (Fsp3) is 0.167. The molecule has 0 radical (unpaired) electrons. The number of hydrogen-bond acceptors (Lipinski definition) is 6. The van der Waals surface area contributed by atoms with Crippen molar-refractivity contribution in [1.82, 2.24) is 15.3 Å². The van der Waals surface area contributed by atoms with E-state index in [-0.39, 0.29) is 23.5 Å². The number of nitrogens with zero attached hydrogens (tertiary/aromatic N) is 2. The van der Waals surface area contributed by atoms with Crippen LogP contribution in [0, 0.1) is 12.7 Å². The molecule has 1 unspecified atom stereocenters. The van der Waals surface area contributed by atoms with Gasteiger partial charge in [-0.2, -0.15) is 0 Å². The largest absolute Gasteiger partial charge is 0.384 e. The summed E-state index contributed by atoms with van der Waals surface area (Å²) in [5.41, 5.74) is 7.28. The Labute approximate surface area is 158 Å². The van der Waals surface area contributed by atoms with Gasteiger partial charge in [-0.15, -0.1) is 11.3 Å². The smallest absolute Gasteiger partial charge is 0.231 e. The normalized spacial score (nSPS) is 11.9. The van der Waals surface area contributed by atoms with Gasteiger partial charge in [-0.1, -0.05) is 30.0 Å². The summed E-state index contributed by atoms with van der Waals surface area (Å²) >= 11 is 2.76. The molecular weight excluding hydrogens is 371 g/mol. The van der Waals surface area contributed by atoms with Crippen LogP contribution in [0.4, 0.5) is 10.2 Å². The van der Waals surface area contributed by atoms with E-state index in [0.29, 0.717) is 11.0 Å². The van der Waals surface area contributed by atoms with Gasteiger partial charge in [0.25, 0.3) is 0 Å². The minimum atomic E-state index is -0.327. The van der Waals surface area contributed by atoms with E-state index >= 15 is 0 Å². The van der Waals surface area contributed by atoms with Crippen LogP contribution in [0.5, 0.6) is 0 Å². The van der Waals surface area contributed by atoms with Gasteiger partial charge in [0.05, 0.1) is 11.8 Å². The van der Waals surface area contributed by atoms with Crippen molar-refractivity contribution in [3.05, 3.63) is 69.8 Å². The summed E-state index contributed by atoms with van der Waals surface area (Å²) in [5, 5.41) is 5.40. The van der Waals surface area contributed by atoms with Crippen molar-refractivity contribution >= 4 is 34.8 Å². The summed E-state index contributed by atoms with van der Waals surface area (Å²) in [7, 11) is 0. The zero-order chi connectivity index (χ0) is 18.5. The Morgan fingerprint density at radius 2 is 2.08 bits per heavy atom. The molecule has 3 rings (SSSR count). The number of amides is 1. The molecule has 5 nitrogen and oxygen atoms in total. The topological polar surface area (TPSA) is 80.9 Å². The maximum Gasteiger partial charge on any atom is 0.231 e. The van der Waals surface area contributed by atoms with Crippen molar-refractivity contribution in [2.45, 2.75) is 18.1 Å². The SMILES string of the molecule is Cc1cc(N)nc(SCC(=O)NC(c2ccc(F)cc2)c2cccs2)n1. The van der Waals surface area contributed by atoms with Gasteiger partial charge >= 0.3 is 0 Å². The molecule has 2 aromatic heterocycles. The third-order valence-electron chi connectivity index (χ3n) is 3.52. The molecule has 26 heavy (non-hydrogen) atoms. The van der Waals surface area contributed by atoms with Crippen molar-refractivity contribution in [2.75, 3.05) is 11.5 Å². The van der Waals surface area contributed by atoms with Crippen LogP contribution < -0.4 is 11.1 Å². The van der Waals surface area contributed by atoms with Crippen LogP contribution in [0.3, 0.4) is 0 Å². The van der Waals surface area contributed by atoms with Crippen LogP contribution >= 0.6 is 23.1 Å². The molecule has 0 aliphatic carbocycles. The Morgan fingerprint density at radius 3 is 2.73 bits per heavy atom. The number of benzene rings is 1. The predicted molar refractivity (Wildman–Crippen MR) is 103 cm³/mol. The van der Waals surface area contributed by atoms with E-state index in [1.54, 1.807) is 18.2 Å². The molecule has 1 amide bonds. The van der Waals surface area contributed by atoms with Gasteiger partial charge in [-0.25, -0.2) is 14.4 Å². The number of nitrogens with two attached hydrogens (primary N) is 1. The molecule has 0 saturated heterocycles. The van der Waals surface area contributed by atoms with Gasteiger partial charge in [0.15, 0.2) is 5.16 Å². The molecular formula is C18H17FN4OS2. The first-order valence-electron chi connectivity index (χ1n) is 7.83. The van der Waals surface area contributed by atoms with E-state index in [1.807, 2.05) is 24.4 Å².